The van der Waals surface area contributed by atoms with Gasteiger partial charge in [0.1, 0.15) is 50.5 Å². The molecule has 3 aliphatic heterocycles. The third kappa shape index (κ3) is 19.4. The second-order valence-corrected chi connectivity index (χ2v) is 27.8. The van der Waals surface area contributed by atoms with Crippen LogP contribution in [0.4, 0.5) is 74.1 Å². The number of benzene rings is 6. The number of anilines is 3. The van der Waals surface area contributed by atoms with Crippen molar-refractivity contribution in [1.29, 1.82) is 0 Å². The Bertz CT molecular complexity index is 4140. The molecule has 3 saturated heterocycles. The van der Waals surface area contributed by atoms with E-state index in [1.165, 1.54) is 0 Å². The first-order valence-electron chi connectivity index (χ1n) is 29.0. The number of esters is 2. The molecule has 3 amide bonds. The summed E-state index contributed by atoms with van der Waals surface area (Å²) in [5.74, 6) is -22.4. The summed E-state index contributed by atoms with van der Waals surface area (Å²) < 4.78 is 267. The van der Waals surface area contributed by atoms with E-state index in [1.807, 2.05) is 0 Å². The van der Waals surface area contributed by atoms with E-state index in [9.17, 15) is 117 Å². The van der Waals surface area contributed by atoms with Gasteiger partial charge in [0.05, 0.1) is 25.3 Å². The highest BCUT2D eigenvalue weighted by molar-refractivity contribution is 7.89. The first kappa shape index (κ1) is 76.8. The number of alkyl halides is 1. The highest BCUT2D eigenvalue weighted by Crippen LogP contribution is 2.31. The zero-order valence-corrected chi connectivity index (χ0v) is 53.4. The lowest BCUT2D eigenvalue weighted by atomic mass is 10.1. The molecule has 0 saturated carbocycles. The van der Waals surface area contributed by atoms with Crippen LogP contribution < -0.4 is 16.0 Å². The number of carbonyl (C=O) groups is 5. The normalized spacial score (nSPS) is 19.0. The van der Waals surface area contributed by atoms with E-state index in [0.29, 0.717) is 73.5 Å². The average molecular weight is 1460 g/mol. The first-order valence-corrected chi connectivity index (χ1v) is 33.3. The maximum Gasteiger partial charge on any atom is 0.302 e. The molecule has 3 aliphatic rings. The molecule has 530 valence electrons. The summed E-state index contributed by atoms with van der Waals surface area (Å²) in [5.41, 5.74) is -2.40. The Morgan fingerprint density at radius 2 is 0.694 bits per heavy atom. The number of aliphatic hydroxyl groups is 2. The van der Waals surface area contributed by atoms with Crippen molar-refractivity contribution in [3.05, 3.63) is 177 Å². The minimum atomic E-state index is -4.61. The number of halogens is 13. The number of hydrogen-bond acceptors (Lipinski definition) is 15. The molecule has 0 spiro atoms. The van der Waals surface area contributed by atoms with Crippen molar-refractivity contribution in [3.63, 3.8) is 0 Å². The summed E-state index contributed by atoms with van der Waals surface area (Å²) in [7, 11) is -13.6. The Balaban J connectivity index is 0.000000207. The predicted octanol–water partition coefficient (Wildman–Crippen LogP) is 9.15. The molecule has 3 fully saturated rings. The maximum atomic E-state index is 14.5. The number of rotatable bonds is 14. The van der Waals surface area contributed by atoms with Crippen molar-refractivity contribution in [3.8, 4) is 0 Å². The second kappa shape index (κ2) is 32.4. The standard InChI is InChI=1S/2C21H20F4N2O6S.C19H17F5N2O3S/c2*1-11(28)33-15-4-3-14(29)9-27(10-15)34(31,32)19-6-12(2-5-16(19)22)21(30)26-13-7-17(23)20(25)18(24)8-13;20-12-3-1-2-6-26(10-12)30(28,29)17-7-11(4-5-14(17)21)19(27)25-13-8-15(22)18(24)16(23)9-13/h2*2,5-8,14-15,29H,3-4,9-10H2,1H3,(H,26,30);4-5,7-9,12H,1-3,6,10H2,(H,25,27)/t14-,15+;14-,15-;/m01./s1. The second-order valence-electron chi connectivity index (χ2n) is 22.1. The van der Waals surface area contributed by atoms with Gasteiger partial charge >= 0.3 is 11.9 Å². The molecule has 21 nitrogen and oxygen atoms in total. The van der Waals surface area contributed by atoms with Crippen LogP contribution in [-0.4, -0.2) is 148 Å². The van der Waals surface area contributed by atoms with Crippen LogP contribution in [-0.2, 0) is 49.1 Å². The lowest BCUT2D eigenvalue weighted by molar-refractivity contribution is -0.147. The number of sulfonamides is 3. The average Bonchev–Trinajstić information content (AvgIpc) is 1.42. The molecule has 98 heavy (non-hydrogen) atoms. The lowest BCUT2D eigenvalue weighted by Gasteiger charge is -2.24. The minimum absolute atomic E-state index is 0.00670. The van der Waals surface area contributed by atoms with E-state index in [4.69, 9.17) is 9.47 Å². The van der Waals surface area contributed by atoms with Gasteiger partial charge in [0.15, 0.2) is 52.4 Å². The van der Waals surface area contributed by atoms with Crippen LogP contribution in [0.25, 0.3) is 0 Å². The summed E-state index contributed by atoms with van der Waals surface area (Å²) in [6.07, 6.45) is -3.61. The largest absolute Gasteiger partial charge is 0.461 e. The van der Waals surface area contributed by atoms with E-state index in [1.54, 1.807) is 0 Å². The number of β-amino-alcohol motifs (C(OH)–C–C–N with tert-alkyl or cyclic N) is 2. The van der Waals surface area contributed by atoms with Gasteiger partial charge in [-0.1, -0.05) is 0 Å². The van der Waals surface area contributed by atoms with Crippen molar-refractivity contribution in [2.75, 3.05) is 55.2 Å². The van der Waals surface area contributed by atoms with Gasteiger partial charge in [0, 0.05) is 110 Å². The third-order valence-corrected chi connectivity index (χ3v) is 20.3. The zero-order valence-electron chi connectivity index (χ0n) is 50.9. The van der Waals surface area contributed by atoms with Crippen LogP contribution in [0, 0.1) is 69.8 Å². The Kier molecular flexibility index (Phi) is 25.4. The molecule has 6 aromatic rings. The van der Waals surface area contributed by atoms with Crippen LogP contribution in [0.5, 0.6) is 0 Å². The fraction of sp³-hybridized carbons (Fsp3) is 0.328. The maximum absolute atomic E-state index is 14.5. The van der Waals surface area contributed by atoms with Crippen LogP contribution in [0.15, 0.2) is 106 Å². The smallest absolute Gasteiger partial charge is 0.302 e. The van der Waals surface area contributed by atoms with Gasteiger partial charge in [0.25, 0.3) is 17.7 Å². The summed E-state index contributed by atoms with van der Waals surface area (Å²) in [6.45, 7) is 0.376. The molecule has 0 aliphatic carbocycles. The summed E-state index contributed by atoms with van der Waals surface area (Å²) in [4.78, 5) is 57.3. The van der Waals surface area contributed by atoms with Crippen molar-refractivity contribution >= 4 is 76.8 Å². The van der Waals surface area contributed by atoms with Gasteiger partial charge in [-0.3, -0.25) is 24.0 Å². The number of ether oxygens (including phenoxy) is 2. The highest BCUT2D eigenvalue weighted by Gasteiger charge is 2.38. The molecule has 0 radical (unpaired) electrons. The topological polar surface area (TPSA) is 292 Å². The first-order chi connectivity index (χ1) is 45.8. The van der Waals surface area contributed by atoms with Gasteiger partial charge in [-0.05, 0) is 99.5 Å². The van der Waals surface area contributed by atoms with Crippen LogP contribution in [0.2, 0.25) is 0 Å². The molecule has 1 unspecified atom stereocenters. The summed E-state index contributed by atoms with van der Waals surface area (Å²) in [6, 6.07) is 10.4. The third-order valence-electron chi connectivity index (χ3n) is 14.7. The number of nitrogens with one attached hydrogen (secondary N) is 3. The molecule has 9 rings (SSSR count). The lowest BCUT2D eigenvalue weighted by Crippen LogP contribution is -2.40. The Hall–Kier alpha value is -8.59. The zero-order chi connectivity index (χ0) is 72.5. The molecule has 6 aromatic carbocycles. The van der Waals surface area contributed by atoms with Gasteiger partial charge in [-0.2, -0.15) is 12.9 Å². The van der Waals surface area contributed by atoms with Crippen molar-refractivity contribution in [2.24, 2.45) is 0 Å². The molecular weight excluding hydrogens is 1400 g/mol. The fourth-order valence-corrected chi connectivity index (χ4v) is 14.8. The van der Waals surface area contributed by atoms with Crippen molar-refractivity contribution in [2.45, 2.75) is 104 Å². The van der Waals surface area contributed by atoms with E-state index in [2.05, 4.69) is 16.0 Å². The predicted molar refractivity (Wildman–Crippen MR) is 319 cm³/mol. The summed E-state index contributed by atoms with van der Waals surface area (Å²) in [5, 5.41) is 26.4. The quantitative estimate of drug-likeness (QED) is 0.0386. The van der Waals surface area contributed by atoms with Crippen LogP contribution in [0.1, 0.15) is 89.9 Å². The number of nitrogens with zero attached hydrogens (tertiary/aromatic N) is 3. The van der Waals surface area contributed by atoms with E-state index >= 15 is 0 Å². The van der Waals surface area contributed by atoms with Gasteiger partial charge < -0.3 is 35.6 Å². The van der Waals surface area contributed by atoms with Crippen molar-refractivity contribution in [1.82, 2.24) is 12.9 Å². The fourth-order valence-electron chi connectivity index (χ4n) is 9.96. The highest BCUT2D eigenvalue weighted by atomic mass is 32.2. The number of carbonyl (C=O) groups excluding carboxylic acids is 5. The number of aliphatic hydroxyl groups excluding tert-OH is 2. The monoisotopic (exact) mass is 1460 g/mol. The van der Waals surface area contributed by atoms with Crippen LogP contribution in [0.3, 0.4) is 0 Å². The minimum Gasteiger partial charge on any atom is -0.461 e. The Morgan fingerprint density at radius 1 is 0.398 bits per heavy atom. The van der Waals surface area contributed by atoms with Gasteiger partial charge in [-0.15, -0.1) is 0 Å². The number of hydrogen-bond donors (Lipinski definition) is 5. The van der Waals surface area contributed by atoms with Crippen LogP contribution >= 0.6 is 0 Å². The SMILES string of the molecule is CC(=O)O[C@@H]1CC[C@@H](O)CN(S(=O)(=O)c2cc(C(=O)Nc3cc(F)c(F)c(F)c3)ccc2F)C1.CC(=O)O[C@@H]1CC[C@H](O)CN(S(=O)(=O)c2cc(C(=O)Nc3cc(F)c(F)c(F)c3)ccc2F)C1.O=C(Nc1cc(F)c(F)c(F)c1)c1ccc(F)c(S(=O)(=O)N2CCCCC(F)C2)c1. The molecule has 0 aromatic heterocycles. The molecule has 5 atom stereocenters. The van der Waals surface area contributed by atoms with E-state index < -0.39 is 212 Å². The van der Waals surface area contributed by atoms with E-state index in [0.717, 1.165) is 57.1 Å². The summed E-state index contributed by atoms with van der Waals surface area (Å²) >= 11 is 0. The van der Waals surface area contributed by atoms with E-state index in [-0.39, 0.29) is 68.4 Å². The molecular formula is C61H57F13N6O15S3. The molecule has 3 heterocycles. The van der Waals surface area contributed by atoms with Crippen molar-refractivity contribution < 1.29 is 126 Å². The molecule has 37 heteroatoms. The Morgan fingerprint density at radius 3 is 0.990 bits per heavy atom. The van der Waals surface area contributed by atoms with Gasteiger partial charge in [0.2, 0.25) is 30.1 Å². The number of amides is 3. The van der Waals surface area contributed by atoms with Gasteiger partial charge in [-0.25, -0.2) is 82.3 Å². The molecule has 5 N–H and O–H groups in total. The Labute approximate surface area is 550 Å². The molecule has 0 bridgehead atoms.